The van der Waals surface area contributed by atoms with Gasteiger partial charge in [-0.2, -0.15) is 10.2 Å². The number of urea groups is 2. The highest BCUT2D eigenvalue weighted by atomic mass is 16.2. The number of nitrogens with two attached hydrogens (primary N) is 1. The van der Waals surface area contributed by atoms with E-state index in [4.69, 9.17) is 5.73 Å². The zero-order valence-electron chi connectivity index (χ0n) is 8.81. The highest BCUT2D eigenvalue weighted by Gasteiger charge is 1.99. The number of rotatable bonds is 3. The molecule has 0 saturated carbocycles. The SMILES string of the molecule is CC(C=NNC(N)=O)=NNC(=O)N(C)C. The number of nitrogens with one attached hydrogen (secondary N) is 2. The van der Waals surface area contributed by atoms with Gasteiger partial charge in [-0.15, -0.1) is 0 Å². The first-order valence-electron chi connectivity index (χ1n) is 4.03. The van der Waals surface area contributed by atoms with Crippen molar-refractivity contribution in [3.8, 4) is 0 Å². The third-order valence-electron chi connectivity index (χ3n) is 1.16. The molecule has 4 N–H and O–H groups in total. The molecular weight excluding hydrogens is 200 g/mol. The van der Waals surface area contributed by atoms with Gasteiger partial charge in [0.1, 0.15) is 0 Å². The lowest BCUT2D eigenvalue weighted by Crippen LogP contribution is -2.31. The Kier molecular flexibility index (Phi) is 5.45. The summed E-state index contributed by atoms with van der Waals surface area (Å²) in [6.07, 6.45) is 1.25. The predicted molar refractivity (Wildman–Crippen MR) is 56.5 cm³/mol. The average molecular weight is 214 g/mol. The van der Waals surface area contributed by atoms with Crippen LogP contribution in [-0.2, 0) is 0 Å². The van der Waals surface area contributed by atoms with Crippen molar-refractivity contribution in [3.63, 3.8) is 0 Å². The van der Waals surface area contributed by atoms with E-state index in [9.17, 15) is 9.59 Å². The zero-order chi connectivity index (χ0) is 11.8. The number of nitrogens with zero attached hydrogens (tertiary/aromatic N) is 3. The summed E-state index contributed by atoms with van der Waals surface area (Å²) in [6.45, 7) is 1.60. The summed E-state index contributed by atoms with van der Waals surface area (Å²) in [6, 6.07) is -1.12. The van der Waals surface area contributed by atoms with E-state index in [1.165, 1.54) is 11.1 Å². The Labute approximate surface area is 87.2 Å². The first-order chi connectivity index (χ1) is 6.93. The van der Waals surface area contributed by atoms with Crippen molar-refractivity contribution >= 4 is 24.0 Å². The summed E-state index contributed by atoms with van der Waals surface area (Å²) in [5, 5.41) is 7.12. The predicted octanol–water partition coefficient (Wildman–Crippen LogP) is -0.712. The lowest BCUT2D eigenvalue weighted by molar-refractivity contribution is 0.218. The highest BCUT2D eigenvalue weighted by molar-refractivity contribution is 6.29. The second-order valence-corrected chi connectivity index (χ2v) is 2.80. The molecule has 0 aliphatic carbocycles. The molecule has 0 saturated heterocycles. The molecule has 0 atom stereocenters. The minimum atomic E-state index is -0.767. The van der Waals surface area contributed by atoms with Crippen molar-refractivity contribution in [1.29, 1.82) is 0 Å². The van der Waals surface area contributed by atoms with Gasteiger partial charge < -0.3 is 10.6 Å². The maximum atomic E-state index is 11.0. The molecule has 0 radical (unpaired) electrons. The van der Waals surface area contributed by atoms with Crippen molar-refractivity contribution in [1.82, 2.24) is 15.8 Å². The molecule has 0 heterocycles. The molecule has 8 heteroatoms. The summed E-state index contributed by atoms with van der Waals surface area (Å²) in [5.74, 6) is 0. The summed E-state index contributed by atoms with van der Waals surface area (Å²) in [7, 11) is 3.17. The quantitative estimate of drug-likeness (QED) is 0.425. The van der Waals surface area contributed by atoms with Crippen LogP contribution in [0.4, 0.5) is 9.59 Å². The molecule has 0 fully saturated rings. The first-order valence-corrected chi connectivity index (χ1v) is 4.03. The highest BCUT2D eigenvalue weighted by Crippen LogP contribution is 1.77. The molecule has 0 aromatic heterocycles. The van der Waals surface area contributed by atoms with Gasteiger partial charge in [0.2, 0.25) is 0 Å². The third-order valence-corrected chi connectivity index (χ3v) is 1.16. The van der Waals surface area contributed by atoms with Crippen LogP contribution >= 0.6 is 0 Å². The number of carbonyl (C=O) groups is 2. The molecule has 0 aliphatic rings. The van der Waals surface area contributed by atoms with Gasteiger partial charge in [0.15, 0.2) is 0 Å². The topological polar surface area (TPSA) is 112 Å². The molecule has 84 valence electrons. The fourth-order valence-electron chi connectivity index (χ4n) is 0.454. The van der Waals surface area contributed by atoms with E-state index in [1.54, 1.807) is 21.0 Å². The van der Waals surface area contributed by atoms with E-state index >= 15 is 0 Å². The average Bonchev–Trinajstić information content (AvgIpc) is 2.13. The molecule has 8 nitrogen and oxygen atoms in total. The van der Waals surface area contributed by atoms with E-state index in [2.05, 4.69) is 15.6 Å². The Morgan fingerprint density at radius 1 is 1.33 bits per heavy atom. The fourth-order valence-corrected chi connectivity index (χ4v) is 0.454. The van der Waals surface area contributed by atoms with Crippen molar-refractivity contribution in [2.45, 2.75) is 6.92 Å². The van der Waals surface area contributed by atoms with E-state index in [-0.39, 0.29) is 6.03 Å². The molecule has 4 amide bonds. The Hall–Kier alpha value is -2.12. The Balaban J connectivity index is 4.04. The smallest absolute Gasteiger partial charge is 0.337 e. The summed E-state index contributed by atoms with van der Waals surface area (Å²) >= 11 is 0. The Bertz CT molecular complexity index is 296. The largest absolute Gasteiger partial charge is 0.350 e. The lowest BCUT2D eigenvalue weighted by Gasteiger charge is -2.07. The van der Waals surface area contributed by atoms with E-state index < -0.39 is 6.03 Å². The molecule has 0 aromatic rings. The second kappa shape index (κ2) is 6.35. The molecule has 0 spiro atoms. The summed E-state index contributed by atoms with van der Waals surface area (Å²) < 4.78 is 0. The summed E-state index contributed by atoms with van der Waals surface area (Å²) in [4.78, 5) is 22.5. The van der Waals surface area contributed by atoms with Crippen molar-refractivity contribution in [2.75, 3.05) is 14.1 Å². The number of carbonyl (C=O) groups excluding carboxylic acids is 2. The van der Waals surface area contributed by atoms with Crippen LogP contribution in [0, 0.1) is 0 Å². The van der Waals surface area contributed by atoms with Gasteiger partial charge in [-0.3, -0.25) is 0 Å². The minimum Gasteiger partial charge on any atom is -0.350 e. The van der Waals surface area contributed by atoms with Gasteiger partial charge >= 0.3 is 12.1 Å². The van der Waals surface area contributed by atoms with Crippen molar-refractivity contribution < 1.29 is 9.59 Å². The van der Waals surface area contributed by atoms with Crippen LogP contribution < -0.4 is 16.6 Å². The van der Waals surface area contributed by atoms with Gasteiger partial charge in [0.25, 0.3) is 0 Å². The van der Waals surface area contributed by atoms with Crippen LogP contribution in [0.15, 0.2) is 10.2 Å². The van der Waals surface area contributed by atoms with Gasteiger partial charge in [-0.05, 0) is 6.92 Å². The van der Waals surface area contributed by atoms with Gasteiger partial charge in [-0.1, -0.05) is 0 Å². The monoisotopic (exact) mass is 214 g/mol. The second-order valence-electron chi connectivity index (χ2n) is 2.80. The third kappa shape index (κ3) is 6.99. The maximum Gasteiger partial charge on any atom is 0.337 e. The number of primary amides is 1. The van der Waals surface area contributed by atoms with Crippen LogP contribution in [0.3, 0.4) is 0 Å². The zero-order valence-corrected chi connectivity index (χ0v) is 8.81. The van der Waals surface area contributed by atoms with E-state index in [0.717, 1.165) is 0 Å². The van der Waals surface area contributed by atoms with Crippen LogP contribution in [0.2, 0.25) is 0 Å². The summed E-state index contributed by atoms with van der Waals surface area (Å²) in [5.41, 5.74) is 9.43. The van der Waals surface area contributed by atoms with Crippen molar-refractivity contribution in [2.24, 2.45) is 15.9 Å². The molecule has 0 aromatic carbocycles. The number of hydrazone groups is 2. The molecule has 15 heavy (non-hydrogen) atoms. The standard InChI is InChI=1S/C7H14N6O2/c1-5(4-9-11-6(8)14)10-12-7(15)13(2)3/h4H,1-3H3,(H,12,15)(H3,8,11,14). The van der Waals surface area contributed by atoms with Gasteiger partial charge in [0.05, 0.1) is 11.9 Å². The lowest BCUT2D eigenvalue weighted by atomic mass is 10.5. The van der Waals surface area contributed by atoms with E-state index in [1.807, 2.05) is 5.43 Å². The van der Waals surface area contributed by atoms with Crippen LogP contribution in [-0.4, -0.2) is 43.0 Å². The van der Waals surface area contributed by atoms with Gasteiger partial charge in [0, 0.05) is 14.1 Å². The number of amides is 4. The molecular formula is C7H14N6O2. The fraction of sp³-hybridized carbons (Fsp3) is 0.429. The normalized spacial score (nSPS) is 11.3. The van der Waals surface area contributed by atoms with Crippen LogP contribution in [0.25, 0.3) is 0 Å². The van der Waals surface area contributed by atoms with Crippen LogP contribution in [0.5, 0.6) is 0 Å². The Morgan fingerprint density at radius 2 is 1.93 bits per heavy atom. The van der Waals surface area contributed by atoms with Crippen molar-refractivity contribution in [3.05, 3.63) is 0 Å². The molecule has 0 rings (SSSR count). The maximum absolute atomic E-state index is 11.0. The van der Waals surface area contributed by atoms with Crippen LogP contribution in [0.1, 0.15) is 6.92 Å². The Morgan fingerprint density at radius 3 is 2.40 bits per heavy atom. The minimum absolute atomic E-state index is 0.356. The van der Waals surface area contributed by atoms with E-state index in [0.29, 0.717) is 5.71 Å². The molecule has 0 bridgehead atoms. The first kappa shape index (κ1) is 12.9. The molecule has 0 aliphatic heterocycles. The number of hydrogen-bond donors (Lipinski definition) is 3. The number of hydrogen-bond acceptors (Lipinski definition) is 4. The molecule has 0 unspecified atom stereocenters. The van der Waals surface area contributed by atoms with Gasteiger partial charge in [-0.25, -0.2) is 20.4 Å².